The zero-order valence-corrected chi connectivity index (χ0v) is 8.12. The highest BCUT2D eigenvalue weighted by Gasteiger charge is 2.51. The smallest absolute Gasteiger partial charge is 0.0108 e. The third-order valence-electron chi connectivity index (χ3n) is 4.38. The van der Waals surface area contributed by atoms with Crippen LogP contribution in [0.2, 0.25) is 0 Å². The van der Waals surface area contributed by atoms with E-state index in [0.29, 0.717) is 10.8 Å². The van der Waals surface area contributed by atoms with Crippen LogP contribution in [-0.2, 0) is 0 Å². The van der Waals surface area contributed by atoms with Gasteiger partial charge in [0.15, 0.2) is 0 Å². The van der Waals surface area contributed by atoms with E-state index in [1.54, 1.807) is 11.1 Å². The summed E-state index contributed by atoms with van der Waals surface area (Å²) in [6, 6.07) is 0. The molecule has 0 aromatic rings. The number of fused-ring (bicyclic) bond motifs is 2. The van der Waals surface area contributed by atoms with Gasteiger partial charge in [0, 0.05) is 0 Å². The predicted molar refractivity (Wildman–Crippen MR) is 48.4 cm³/mol. The first kappa shape index (κ1) is 7.39. The van der Waals surface area contributed by atoms with Crippen molar-refractivity contribution in [2.45, 2.75) is 47.0 Å². The fourth-order valence-corrected chi connectivity index (χ4v) is 3.14. The standard InChI is InChI=1S/C11H18/c1-8-9(2)11(4)6-5-10(8,3)7-11/h5-7H2,1-4H3. The lowest BCUT2D eigenvalue weighted by Crippen LogP contribution is -2.12. The molecule has 2 aliphatic rings. The van der Waals surface area contributed by atoms with Crippen molar-refractivity contribution in [3.05, 3.63) is 11.1 Å². The molecule has 11 heavy (non-hydrogen) atoms. The van der Waals surface area contributed by atoms with Crippen molar-refractivity contribution in [1.29, 1.82) is 0 Å². The van der Waals surface area contributed by atoms with Crippen LogP contribution in [0.1, 0.15) is 47.0 Å². The van der Waals surface area contributed by atoms with E-state index in [2.05, 4.69) is 27.7 Å². The van der Waals surface area contributed by atoms with E-state index in [-0.39, 0.29) is 0 Å². The zero-order chi connectivity index (χ0) is 8.28. The molecule has 0 N–H and O–H groups in total. The van der Waals surface area contributed by atoms with Gasteiger partial charge in [-0.3, -0.25) is 0 Å². The first-order valence-corrected chi connectivity index (χ1v) is 4.66. The Labute approximate surface area is 69.7 Å². The Balaban J connectivity index is 2.52. The zero-order valence-electron chi connectivity index (χ0n) is 8.12. The predicted octanol–water partition coefficient (Wildman–Crippen LogP) is 3.53. The molecule has 62 valence electrons. The monoisotopic (exact) mass is 150 g/mol. The van der Waals surface area contributed by atoms with Gasteiger partial charge in [-0.05, 0) is 43.9 Å². The van der Waals surface area contributed by atoms with Crippen LogP contribution < -0.4 is 0 Å². The van der Waals surface area contributed by atoms with Crippen LogP contribution >= 0.6 is 0 Å². The lowest BCUT2D eigenvalue weighted by atomic mass is 9.80. The Hall–Kier alpha value is -0.260. The Morgan fingerprint density at radius 3 is 1.45 bits per heavy atom. The fraction of sp³-hybridized carbons (Fsp3) is 0.818. The largest absolute Gasteiger partial charge is 0.0679 e. The second-order valence-corrected chi connectivity index (χ2v) is 5.05. The highest BCUT2D eigenvalue weighted by molar-refractivity contribution is 5.34. The number of hydrogen-bond acceptors (Lipinski definition) is 0. The minimum Gasteiger partial charge on any atom is -0.0679 e. The van der Waals surface area contributed by atoms with E-state index in [9.17, 15) is 0 Å². The molecule has 0 aliphatic heterocycles. The van der Waals surface area contributed by atoms with Gasteiger partial charge in [0.05, 0.1) is 0 Å². The van der Waals surface area contributed by atoms with Gasteiger partial charge in [-0.1, -0.05) is 25.0 Å². The molecule has 0 aromatic heterocycles. The van der Waals surface area contributed by atoms with Crippen molar-refractivity contribution in [2.75, 3.05) is 0 Å². The Morgan fingerprint density at radius 1 is 0.909 bits per heavy atom. The summed E-state index contributed by atoms with van der Waals surface area (Å²) in [7, 11) is 0. The maximum atomic E-state index is 2.43. The van der Waals surface area contributed by atoms with Crippen LogP contribution in [0.5, 0.6) is 0 Å². The molecular formula is C11H18. The van der Waals surface area contributed by atoms with E-state index in [4.69, 9.17) is 0 Å². The van der Waals surface area contributed by atoms with E-state index in [1.165, 1.54) is 19.3 Å². The van der Waals surface area contributed by atoms with Crippen LogP contribution in [0.3, 0.4) is 0 Å². The molecule has 0 nitrogen and oxygen atoms in total. The molecule has 2 unspecified atom stereocenters. The lowest BCUT2D eigenvalue weighted by molar-refractivity contribution is 0.393. The average molecular weight is 150 g/mol. The van der Waals surface area contributed by atoms with Gasteiger partial charge in [0.2, 0.25) is 0 Å². The summed E-state index contributed by atoms with van der Waals surface area (Å²) in [5.74, 6) is 0. The molecule has 0 amide bonds. The normalized spacial score (nSPS) is 49.1. The molecule has 0 heterocycles. The summed E-state index contributed by atoms with van der Waals surface area (Å²) < 4.78 is 0. The molecule has 0 spiro atoms. The summed E-state index contributed by atoms with van der Waals surface area (Å²) in [5, 5.41) is 0. The van der Waals surface area contributed by atoms with Crippen LogP contribution in [0.25, 0.3) is 0 Å². The summed E-state index contributed by atoms with van der Waals surface area (Å²) in [6.45, 7) is 9.54. The van der Waals surface area contributed by atoms with Crippen molar-refractivity contribution < 1.29 is 0 Å². The number of rotatable bonds is 0. The summed E-state index contributed by atoms with van der Waals surface area (Å²) in [4.78, 5) is 0. The number of allylic oxidation sites excluding steroid dienone is 2. The molecule has 1 fully saturated rings. The van der Waals surface area contributed by atoms with Crippen molar-refractivity contribution in [2.24, 2.45) is 10.8 Å². The van der Waals surface area contributed by atoms with Crippen LogP contribution in [-0.4, -0.2) is 0 Å². The van der Waals surface area contributed by atoms with Gasteiger partial charge in [0.25, 0.3) is 0 Å². The van der Waals surface area contributed by atoms with Crippen molar-refractivity contribution in [3.8, 4) is 0 Å². The minimum atomic E-state index is 0.582. The first-order chi connectivity index (χ1) is 4.98. The topological polar surface area (TPSA) is 0 Å². The maximum Gasteiger partial charge on any atom is -0.0108 e. The molecule has 2 aliphatic carbocycles. The van der Waals surface area contributed by atoms with Crippen molar-refractivity contribution in [3.63, 3.8) is 0 Å². The van der Waals surface area contributed by atoms with Gasteiger partial charge in [0.1, 0.15) is 0 Å². The third-order valence-corrected chi connectivity index (χ3v) is 4.38. The first-order valence-electron chi connectivity index (χ1n) is 4.66. The molecule has 1 saturated carbocycles. The molecule has 0 saturated heterocycles. The van der Waals surface area contributed by atoms with Crippen molar-refractivity contribution in [1.82, 2.24) is 0 Å². The van der Waals surface area contributed by atoms with E-state index in [0.717, 1.165) is 0 Å². The Bertz CT molecular complexity index is 212. The van der Waals surface area contributed by atoms with E-state index >= 15 is 0 Å². The lowest BCUT2D eigenvalue weighted by Gasteiger charge is -2.26. The minimum absolute atomic E-state index is 0.582. The molecule has 2 bridgehead atoms. The quantitative estimate of drug-likeness (QED) is 0.463. The summed E-state index contributed by atoms with van der Waals surface area (Å²) >= 11 is 0. The highest BCUT2D eigenvalue weighted by atomic mass is 14.6. The van der Waals surface area contributed by atoms with E-state index < -0.39 is 0 Å². The summed E-state index contributed by atoms with van der Waals surface area (Å²) in [5.41, 5.74) is 4.54. The van der Waals surface area contributed by atoms with Gasteiger partial charge >= 0.3 is 0 Å². The molecule has 2 rings (SSSR count). The van der Waals surface area contributed by atoms with Gasteiger partial charge < -0.3 is 0 Å². The highest BCUT2D eigenvalue weighted by Crippen LogP contribution is 2.63. The Kier molecular flexibility index (Phi) is 1.16. The molecule has 0 aromatic carbocycles. The van der Waals surface area contributed by atoms with Gasteiger partial charge in [-0.2, -0.15) is 0 Å². The summed E-state index contributed by atoms with van der Waals surface area (Å²) in [6.07, 6.45) is 4.26. The van der Waals surface area contributed by atoms with Crippen LogP contribution in [0, 0.1) is 10.8 Å². The second-order valence-electron chi connectivity index (χ2n) is 5.05. The second kappa shape index (κ2) is 1.73. The SMILES string of the molecule is CC1=C(C)C2(C)CCC1(C)C2. The average Bonchev–Trinajstić information content (AvgIpc) is 2.32. The molecule has 0 heteroatoms. The maximum absolute atomic E-state index is 2.43. The van der Waals surface area contributed by atoms with Crippen LogP contribution in [0.4, 0.5) is 0 Å². The van der Waals surface area contributed by atoms with Gasteiger partial charge in [-0.25, -0.2) is 0 Å². The molecule has 0 radical (unpaired) electrons. The fourth-order valence-electron chi connectivity index (χ4n) is 3.14. The van der Waals surface area contributed by atoms with Crippen molar-refractivity contribution >= 4 is 0 Å². The molecular weight excluding hydrogens is 132 g/mol. The number of hydrogen-bond donors (Lipinski definition) is 0. The Morgan fingerprint density at radius 2 is 1.27 bits per heavy atom. The van der Waals surface area contributed by atoms with Crippen LogP contribution in [0.15, 0.2) is 11.1 Å². The molecule has 2 atom stereocenters. The van der Waals surface area contributed by atoms with Gasteiger partial charge in [-0.15, -0.1) is 0 Å². The van der Waals surface area contributed by atoms with E-state index in [1.807, 2.05) is 0 Å². The third kappa shape index (κ3) is 0.706.